The topological polar surface area (TPSA) is 211 Å². The van der Waals surface area contributed by atoms with Gasteiger partial charge in [0.15, 0.2) is 6.29 Å². The first-order chi connectivity index (χ1) is 23.9. The lowest BCUT2D eigenvalue weighted by Crippen LogP contribution is -2.44. The van der Waals surface area contributed by atoms with Gasteiger partial charge in [0.05, 0.1) is 61.8 Å². The van der Waals surface area contributed by atoms with Crippen LogP contribution in [-0.4, -0.2) is 125 Å². The number of esters is 2. The second-order valence-corrected chi connectivity index (χ2v) is 12.9. The average molecular weight is 802 g/mol. The number of hydrogen-bond acceptors (Lipinski definition) is 13. The molecular formula is C41H87NO13. The molecular weight excluding hydrogens is 714 g/mol. The highest BCUT2D eigenvalue weighted by Crippen LogP contribution is 2.22. The number of hydrogen-bond donors (Lipinski definition) is 6. The second-order valence-electron chi connectivity index (χ2n) is 12.9. The van der Waals surface area contributed by atoms with Crippen LogP contribution in [0.2, 0.25) is 0 Å². The summed E-state index contributed by atoms with van der Waals surface area (Å²) in [5.41, 5.74) is -0.421. The number of nitrogens with one attached hydrogen (secondary N) is 1. The van der Waals surface area contributed by atoms with Crippen LogP contribution in [0, 0.1) is 5.41 Å². The molecule has 8 atom stereocenters. The molecule has 1 heterocycles. The predicted octanol–water partition coefficient (Wildman–Crippen LogP) is 5.89. The fourth-order valence-corrected chi connectivity index (χ4v) is 3.74. The van der Waals surface area contributed by atoms with E-state index in [1.54, 1.807) is 13.8 Å². The molecule has 0 bridgehead atoms. The van der Waals surface area contributed by atoms with E-state index in [1.165, 1.54) is 6.08 Å². The zero-order valence-corrected chi connectivity index (χ0v) is 32.7. The summed E-state index contributed by atoms with van der Waals surface area (Å²) in [5.74, 6) is -1.03. The lowest BCUT2D eigenvalue weighted by Gasteiger charge is -2.35. The zero-order chi connectivity index (χ0) is 40.0. The number of amides is 1. The third-order valence-corrected chi connectivity index (χ3v) is 7.59. The van der Waals surface area contributed by atoms with Crippen molar-refractivity contribution in [3.05, 3.63) is 25.3 Å². The van der Waals surface area contributed by atoms with Crippen LogP contribution in [0.3, 0.4) is 0 Å². The Morgan fingerprint density at radius 2 is 1.44 bits per heavy atom. The third-order valence-electron chi connectivity index (χ3n) is 7.59. The number of aliphatic hydroxyl groups is 5. The van der Waals surface area contributed by atoms with Gasteiger partial charge in [0.1, 0.15) is 19.3 Å². The van der Waals surface area contributed by atoms with Gasteiger partial charge in [0, 0.05) is 6.08 Å². The highest BCUT2D eigenvalue weighted by molar-refractivity contribution is 5.86. The normalized spacial score (nSPS) is 18.3. The van der Waals surface area contributed by atoms with Crippen LogP contribution in [0.1, 0.15) is 137 Å². The molecule has 334 valence electrons. The summed E-state index contributed by atoms with van der Waals surface area (Å²) in [4.78, 5) is 33.0. The van der Waals surface area contributed by atoms with Crippen molar-refractivity contribution in [3.63, 3.8) is 0 Å². The molecule has 1 aliphatic heterocycles. The Balaban J connectivity index is -0.000000117. The lowest BCUT2D eigenvalue weighted by atomic mass is 9.91. The van der Waals surface area contributed by atoms with Gasteiger partial charge >= 0.3 is 11.9 Å². The van der Waals surface area contributed by atoms with E-state index in [0.717, 1.165) is 25.3 Å². The van der Waals surface area contributed by atoms with Gasteiger partial charge in [0.2, 0.25) is 5.91 Å². The number of carbonyl (C=O) groups is 3. The molecule has 8 unspecified atom stereocenters. The van der Waals surface area contributed by atoms with Crippen LogP contribution < -0.4 is 5.32 Å². The van der Waals surface area contributed by atoms with Crippen LogP contribution in [0.25, 0.3) is 0 Å². The summed E-state index contributed by atoms with van der Waals surface area (Å²) in [5, 5.41) is 47.5. The molecule has 55 heavy (non-hydrogen) atoms. The van der Waals surface area contributed by atoms with Gasteiger partial charge in [-0.25, -0.2) is 4.79 Å². The zero-order valence-electron chi connectivity index (χ0n) is 32.7. The van der Waals surface area contributed by atoms with Gasteiger partial charge < -0.3 is 54.5 Å². The maximum absolute atomic E-state index is 11.1. The Bertz CT molecular complexity index is 917. The molecule has 14 heteroatoms. The van der Waals surface area contributed by atoms with Crippen molar-refractivity contribution in [2.75, 3.05) is 33.0 Å². The van der Waals surface area contributed by atoms with Crippen LogP contribution in [0.15, 0.2) is 25.3 Å². The molecule has 6 N–H and O–H groups in total. The Kier molecular flexibility index (Phi) is 50.4. The van der Waals surface area contributed by atoms with Crippen molar-refractivity contribution in [2.45, 2.75) is 186 Å². The van der Waals surface area contributed by atoms with E-state index in [4.69, 9.17) is 39.0 Å². The van der Waals surface area contributed by atoms with Crippen LogP contribution >= 0.6 is 0 Å². The van der Waals surface area contributed by atoms with E-state index in [-0.39, 0.29) is 98.5 Å². The Labute approximate surface area is 336 Å². The van der Waals surface area contributed by atoms with Gasteiger partial charge in [-0.05, 0) is 85.6 Å². The summed E-state index contributed by atoms with van der Waals surface area (Å²) in [6, 6.07) is 0. The van der Waals surface area contributed by atoms with E-state index < -0.39 is 29.9 Å². The van der Waals surface area contributed by atoms with Crippen LogP contribution in [0.4, 0.5) is 0 Å². The minimum Gasteiger partial charge on any atom is -0.463 e. The molecule has 0 aliphatic carbocycles. The molecule has 0 aromatic carbocycles. The lowest BCUT2D eigenvalue weighted by molar-refractivity contribution is -0.239. The minimum absolute atomic E-state index is 0. The molecule has 0 aromatic heterocycles. The smallest absolute Gasteiger partial charge is 0.330 e. The third kappa shape index (κ3) is 39.6. The molecule has 1 aliphatic rings. The van der Waals surface area contributed by atoms with Crippen molar-refractivity contribution >= 4 is 17.8 Å². The summed E-state index contributed by atoms with van der Waals surface area (Å²) in [7, 11) is 0. The van der Waals surface area contributed by atoms with E-state index in [9.17, 15) is 24.6 Å². The maximum Gasteiger partial charge on any atom is 0.330 e. The molecule has 0 aromatic rings. The fraction of sp³-hybridized carbons (Fsp3) is 0.829. The molecule has 0 saturated carbocycles. The van der Waals surface area contributed by atoms with Crippen molar-refractivity contribution < 1.29 is 63.6 Å². The first-order valence-electron chi connectivity index (χ1n) is 18.0. The highest BCUT2D eigenvalue weighted by atomic mass is 16.7. The minimum atomic E-state index is -0.571. The molecule has 14 nitrogen and oxygen atoms in total. The molecule has 1 fully saturated rings. The summed E-state index contributed by atoms with van der Waals surface area (Å²) >= 11 is 0. The summed E-state index contributed by atoms with van der Waals surface area (Å²) < 4.78 is 26.2. The van der Waals surface area contributed by atoms with Crippen molar-refractivity contribution in [2.24, 2.45) is 5.41 Å². The first-order valence-corrected chi connectivity index (χ1v) is 18.0. The van der Waals surface area contributed by atoms with Gasteiger partial charge in [0.25, 0.3) is 0 Å². The van der Waals surface area contributed by atoms with E-state index >= 15 is 0 Å². The molecule has 0 radical (unpaired) electrons. The molecule has 1 saturated heterocycles. The SMILES string of the molecule is C.C.C.C.C=CC(=O)NCC1OC(C)CC(CC(O)CC)O1.C=CC(=O)OCC(CO)OC(C)CC(O)CC.CCC(C)(C)C(=O)OCCO.CCC(C)O. The standard InChI is InChI=1S/C13H23NO4.C12H22O5.C8H16O3.C4H10O.4CH4/c1-4-10(15)7-11-6-9(3)17-13(18-11)8-14-12(16)5-2;1-4-10(14)6-9(3)17-11(7-13)8-16-12(15)5-2;1-4-8(2,3)7(10)11-6-5-9;1-3-4(2)5;;;;/h5,9-11,13,15H,2,4,6-8H2,1,3H3,(H,14,16);5,9-11,13-14H,2,4,6-8H2,1,3H3;9H,4-6H2,1-3H3;4-5H,3H2,1-2H3;4*1H4. The largest absolute Gasteiger partial charge is 0.463 e. The molecule has 1 rings (SSSR count). The van der Waals surface area contributed by atoms with Crippen molar-refractivity contribution in [1.29, 1.82) is 0 Å². The number of rotatable bonds is 20. The first kappa shape index (κ1) is 67.3. The average Bonchev–Trinajstić information content (AvgIpc) is 3.11. The Morgan fingerprint density at radius 1 is 0.891 bits per heavy atom. The fourth-order valence-electron chi connectivity index (χ4n) is 3.74. The monoisotopic (exact) mass is 802 g/mol. The van der Waals surface area contributed by atoms with Crippen molar-refractivity contribution in [1.82, 2.24) is 5.32 Å². The van der Waals surface area contributed by atoms with E-state index in [0.29, 0.717) is 32.2 Å². The molecule has 1 amide bonds. The van der Waals surface area contributed by atoms with E-state index in [2.05, 4.69) is 18.5 Å². The molecule has 0 spiro atoms. The number of ether oxygens (including phenoxy) is 5. The second kappa shape index (κ2) is 41.2. The van der Waals surface area contributed by atoms with Gasteiger partial charge in [-0.2, -0.15) is 0 Å². The van der Waals surface area contributed by atoms with Gasteiger partial charge in [-0.3, -0.25) is 9.59 Å². The van der Waals surface area contributed by atoms with Gasteiger partial charge in [-0.15, -0.1) is 0 Å². The van der Waals surface area contributed by atoms with Crippen LogP contribution in [0.5, 0.6) is 0 Å². The van der Waals surface area contributed by atoms with Gasteiger partial charge in [-0.1, -0.05) is 70.6 Å². The highest BCUT2D eigenvalue weighted by Gasteiger charge is 2.29. The summed E-state index contributed by atoms with van der Waals surface area (Å²) in [6.45, 7) is 23.6. The van der Waals surface area contributed by atoms with Crippen molar-refractivity contribution in [3.8, 4) is 0 Å². The number of carbonyl (C=O) groups excluding carboxylic acids is 3. The number of aliphatic hydroxyl groups excluding tert-OH is 5. The Hall–Kier alpha value is -2.43. The maximum atomic E-state index is 11.1. The van der Waals surface area contributed by atoms with Crippen LogP contribution in [-0.2, 0) is 38.1 Å². The predicted molar refractivity (Wildman–Crippen MR) is 222 cm³/mol. The summed E-state index contributed by atoms with van der Waals surface area (Å²) in [6.07, 6.45) is 5.05. The Morgan fingerprint density at radius 3 is 1.85 bits per heavy atom. The quantitative estimate of drug-likeness (QED) is 0.0627. The van der Waals surface area contributed by atoms with E-state index in [1.807, 2.05) is 48.5 Å².